The van der Waals surface area contributed by atoms with Crippen LogP contribution in [0.15, 0.2) is 18.3 Å². The summed E-state index contributed by atoms with van der Waals surface area (Å²) in [5.74, 6) is 0.626. The SMILES string of the molecule is CCOc1ccc(NC(CC)CC#N)cn1. The average molecular weight is 219 g/mol. The molecule has 1 heterocycles. The van der Waals surface area contributed by atoms with Gasteiger partial charge < -0.3 is 10.1 Å². The van der Waals surface area contributed by atoms with Gasteiger partial charge in [-0.2, -0.15) is 5.26 Å². The number of ether oxygens (including phenoxy) is 1. The summed E-state index contributed by atoms with van der Waals surface area (Å²) in [4.78, 5) is 4.15. The minimum atomic E-state index is 0.185. The molecule has 0 saturated heterocycles. The Kier molecular flexibility index (Phi) is 5.13. The second-order valence-electron chi connectivity index (χ2n) is 3.43. The van der Waals surface area contributed by atoms with Crippen molar-refractivity contribution in [2.75, 3.05) is 11.9 Å². The van der Waals surface area contributed by atoms with Crippen molar-refractivity contribution in [3.63, 3.8) is 0 Å². The topological polar surface area (TPSA) is 57.9 Å². The molecule has 0 fully saturated rings. The third-order valence-corrected chi connectivity index (χ3v) is 2.23. The molecule has 1 N–H and O–H groups in total. The maximum absolute atomic E-state index is 8.63. The van der Waals surface area contributed by atoms with Gasteiger partial charge in [-0.3, -0.25) is 0 Å². The van der Waals surface area contributed by atoms with Crippen molar-refractivity contribution in [3.8, 4) is 11.9 Å². The van der Waals surface area contributed by atoms with E-state index in [-0.39, 0.29) is 6.04 Å². The molecule has 16 heavy (non-hydrogen) atoms. The molecule has 0 saturated carbocycles. The molecule has 0 amide bonds. The first-order valence-corrected chi connectivity index (χ1v) is 5.52. The summed E-state index contributed by atoms with van der Waals surface area (Å²) in [6.07, 6.45) is 3.15. The van der Waals surface area contributed by atoms with Gasteiger partial charge in [-0.15, -0.1) is 0 Å². The highest BCUT2D eigenvalue weighted by Gasteiger charge is 2.05. The molecule has 0 aromatic carbocycles. The van der Waals surface area contributed by atoms with E-state index in [4.69, 9.17) is 10.00 Å². The van der Waals surface area contributed by atoms with Gasteiger partial charge in [0.05, 0.1) is 31.0 Å². The fourth-order valence-electron chi connectivity index (χ4n) is 1.34. The van der Waals surface area contributed by atoms with Crippen molar-refractivity contribution in [1.82, 2.24) is 4.98 Å². The second-order valence-corrected chi connectivity index (χ2v) is 3.43. The van der Waals surface area contributed by atoms with E-state index in [2.05, 4.69) is 23.3 Å². The maximum atomic E-state index is 8.63. The molecule has 0 bridgehead atoms. The molecule has 1 rings (SSSR count). The largest absolute Gasteiger partial charge is 0.478 e. The summed E-state index contributed by atoms with van der Waals surface area (Å²) < 4.78 is 5.25. The number of nitrogens with zero attached hydrogens (tertiary/aromatic N) is 2. The number of anilines is 1. The molecule has 0 radical (unpaired) electrons. The van der Waals surface area contributed by atoms with Gasteiger partial charge in [0.15, 0.2) is 0 Å². The van der Waals surface area contributed by atoms with E-state index in [0.717, 1.165) is 12.1 Å². The van der Waals surface area contributed by atoms with E-state index in [9.17, 15) is 0 Å². The maximum Gasteiger partial charge on any atom is 0.213 e. The quantitative estimate of drug-likeness (QED) is 0.799. The Morgan fingerprint density at radius 2 is 2.31 bits per heavy atom. The summed E-state index contributed by atoms with van der Waals surface area (Å²) in [6.45, 7) is 4.59. The Bertz CT molecular complexity index is 342. The van der Waals surface area contributed by atoms with Crippen molar-refractivity contribution in [2.24, 2.45) is 0 Å². The number of hydrogen-bond acceptors (Lipinski definition) is 4. The van der Waals surface area contributed by atoms with Crippen LogP contribution in [0.25, 0.3) is 0 Å². The summed E-state index contributed by atoms with van der Waals surface area (Å²) >= 11 is 0. The van der Waals surface area contributed by atoms with Crippen LogP contribution in [0.1, 0.15) is 26.7 Å². The zero-order chi connectivity index (χ0) is 11.8. The number of nitrogens with one attached hydrogen (secondary N) is 1. The lowest BCUT2D eigenvalue weighted by Crippen LogP contribution is -2.17. The van der Waals surface area contributed by atoms with Crippen molar-refractivity contribution >= 4 is 5.69 Å². The minimum absolute atomic E-state index is 0.185. The Hall–Kier alpha value is -1.76. The third-order valence-electron chi connectivity index (χ3n) is 2.23. The molecule has 1 aromatic heterocycles. The van der Waals surface area contributed by atoms with Gasteiger partial charge in [0, 0.05) is 12.1 Å². The Morgan fingerprint density at radius 1 is 1.50 bits per heavy atom. The van der Waals surface area contributed by atoms with Crippen molar-refractivity contribution < 1.29 is 4.74 Å². The van der Waals surface area contributed by atoms with Gasteiger partial charge in [0.25, 0.3) is 0 Å². The third kappa shape index (κ3) is 3.77. The van der Waals surface area contributed by atoms with Crippen molar-refractivity contribution in [3.05, 3.63) is 18.3 Å². The molecule has 1 aromatic rings. The molecule has 1 unspecified atom stereocenters. The van der Waals surface area contributed by atoms with Gasteiger partial charge in [0.2, 0.25) is 5.88 Å². The predicted octanol–water partition coefficient (Wildman–Crippen LogP) is 2.58. The normalized spacial score (nSPS) is 11.6. The molecule has 4 nitrogen and oxygen atoms in total. The highest BCUT2D eigenvalue weighted by atomic mass is 16.5. The van der Waals surface area contributed by atoms with Crippen LogP contribution >= 0.6 is 0 Å². The standard InChI is InChI=1S/C12H17N3O/c1-3-10(7-8-13)15-11-5-6-12(14-9-11)16-4-2/h5-6,9-10,15H,3-4,7H2,1-2H3. The van der Waals surface area contributed by atoms with E-state index in [1.54, 1.807) is 6.20 Å². The van der Waals surface area contributed by atoms with Crippen LogP contribution in [-0.2, 0) is 0 Å². The average Bonchev–Trinajstić information content (AvgIpc) is 2.31. The zero-order valence-corrected chi connectivity index (χ0v) is 9.73. The monoisotopic (exact) mass is 219 g/mol. The first-order valence-electron chi connectivity index (χ1n) is 5.52. The number of nitriles is 1. The Labute approximate surface area is 96.3 Å². The van der Waals surface area contributed by atoms with Crippen LogP contribution in [0.4, 0.5) is 5.69 Å². The predicted molar refractivity (Wildman–Crippen MR) is 63.3 cm³/mol. The lowest BCUT2D eigenvalue weighted by Gasteiger charge is -2.14. The minimum Gasteiger partial charge on any atom is -0.478 e. The number of hydrogen-bond donors (Lipinski definition) is 1. The van der Waals surface area contributed by atoms with Gasteiger partial charge >= 0.3 is 0 Å². The van der Waals surface area contributed by atoms with Gasteiger partial charge in [-0.05, 0) is 19.4 Å². The molecule has 4 heteroatoms. The van der Waals surface area contributed by atoms with Crippen LogP contribution < -0.4 is 10.1 Å². The van der Waals surface area contributed by atoms with E-state index in [1.807, 2.05) is 19.1 Å². The highest BCUT2D eigenvalue weighted by Crippen LogP contribution is 2.14. The van der Waals surface area contributed by atoms with Gasteiger partial charge in [0.1, 0.15) is 0 Å². The van der Waals surface area contributed by atoms with Gasteiger partial charge in [-0.1, -0.05) is 6.92 Å². The van der Waals surface area contributed by atoms with E-state index in [1.165, 1.54) is 0 Å². The van der Waals surface area contributed by atoms with Crippen LogP contribution in [-0.4, -0.2) is 17.6 Å². The summed E-state index contributed by atoms with van der Waals surface area (Å²) in [5.41, 5.74) is 0.922. The fraction of sp³-hybridized carbons (Fsp3) is 0.500. The highest BCUT2D eigenvalue weighted by molar-refractivity contribution is 5.43. The van der Waals surface area contributed by atoms with Gasteiger partial charge in [-0.25, -0.2) is 4.98 Å². The lowest BCUT2D eigenvalue weighted by atomic mass is 10.1. The van der Waals surface area contributed by atoms with E-state index >= 15 is 0 Å². The molecule has 0 aliphatic carbocycles. The molecular formula is C12H17N3O. The first kappa shape index (κ1) is 12.3. The Balaban J connectivity index is 2.57. The molecule has 0 aliphatic rings. The lowest BCUT2D eigenvalue weighted by molar-refractivity contribution is 0.327. The smallest absolute Gasteiger partial charge is 0.213 e. The first-order chi connectivity index (χ1) is 7.80. The summed E-state index contributed by atoms with van der Waals surface area (Å²) in [6, 6.07) is 6.09. The number of aromatic nitrogens is 1. The summed E-state index contributed by atoms with van der Waals surface area (Å²) in [5, 5.41) is 11.9. The van der Waals surface area contributed by atoms with Crippen molar-refractivity contribution in [2.45, 2.75) is 32.7 Å². The zero-order valence-electron chi connectivity index (χ0n) is 9.73. The van der Waals surface area contributed by atoms with E-state index in [0.29, 0.717) is 18.9 Å². The Morgan fingerprint density at radius 3 is 2.81 bits per heavy atom. The molecule has 0 aliphatic heterocycles. The molecule has 1 atom stereocenters. The molecule has 86 valence electrons. The number of pyridine rings is 1. The van der Waals surface area contributed by atoms with Crippen LogP contribution in [0.5, 0.6) is 5.88 Å². The molecular weight excluding hydrogens is 202 g/mol. The fourth-order valence-corrected chi connectivity index (χ4v) is 1.34. The number of rotatable bonds is 6. The molecule has 0 spiro atoms. The van der Waals surface area contributed by atoms with Crippen LogP contribution in [0.2, 0.25) is 0 Å². The van der Waals surface area contributed by atoms with Crippen LogP contribution in [0, 0.1) is 11.3 Å². The van der Waals surface area contributed by atoms with E-state index < -0.39 is 0 Å². The van der Waals surface area contributed by atoms with Crippen molar-refractivity contribution in [1.29, 1.82) is 5.26 Å². The van der Waals surface area contributed by atoms with Crippen LogP contribution in [0.3, 0.4) is 0 Å². The second kappa shape index (κ2) is 6.67. The summed E-state index contributed by atoms with van der Waals surface area (Å²) in [7, 11) is 0.